The second-order valence-electron chi connectivity index (χ2n) is 3.26. The number of nitrogens with zero attached hydrogens (tertiary/aromatic N) is 1. The van der Waals surface area contributed by atoms with Gasteiger partial charge in [-0.1, -0.05) is 0 Å². The summed E-state index contributed by atoms with van der Waals surface area (Å²) in [5.41, 5.74) is 0.228. The lowest BCUT2D eigenvalue weighted by Gasteiger charge is -2.13. The molecule has 0 aromatic carbocycles. The Kier molecular flexibility index (Phi) is 5.05. The molecule has 0 saturated heterocycles. The molecule has 1 heterocycles. The van der Waals surface area contributed by atoms with Gasteiger partial charge in [-0.15, -0.1) is 0 Å². The Morgan fingerprint density at radius 3 is 2.72 bits per heavy atom. The third-order valence-corrected chi connectivity index (χ3v) is 2.66. The fraction of sp³-hybridized carbons (Fsp3) is 0.300. The Labute approximate surface area is 111 Å². The number of carbonyl (C=O) groups excluding carboxylic acids is 1. The van der Waals surface area contributed by atoms with Gasteiger partial charge in [-0.2, -0.15) is 0 Å². The van der Waals surface area contributed by atoms with Crippen LogP contribution < -0.4 is 5.32 Å². The van der Waals surface area contributed by atoms with Crippen LogP contribution >= 0.6 is 15.9 Å². The maximum atomic E-state index is 11.2. The number of pyridine rings is 1. The lowest BCUT2D eigenvalue weighted by atomic mass is 10.2. The average molecular weight is 319 g/mol. The average Bonchev–Trinajstić information content (AvgIpc) is 2.35. The van der Waals surface area contributed by atoms with Gasteiger partial charge in [0.1, 0.15) is 11.9 Å². The highest BCUT2D eigenvalue weighted by Crippen LogP contribution is 2.21. The molecule has 3 N–H and O–H groups in total. The van der Waals surface area contributed by atoms with Gasteiger partial charge < -0.3 is 20.3 Å². The zero-order valence-corrected chi connectivity index (χ0v) is 11.0. The van der Waals surface area contributed by atoms with Crippen LogP contribution in [-0.2, 0) is 9.53 Å². The molecule has 8 heteroatoms. The molecule has 0 spiro atoms. The predicted octanol–water partition coefficient (Wildman–Crippen LogP) is 0.488. The molecule has 0 amide bonds. The number of carboxylic acid groups (broad SMARTS) is 1. The fourth-order valence-electron chi connectivity index (χ4n) is 1.12. The Balaban J connectivity index is 2.92. The van der Waals surface area contributed by atoms with Gasteiger partial charge in [0, 0.05) is 6.20 Å². The summed E-state index contributed by atoms with van der Waals surface area (Å²) in [7, 11) is 1.24. The van der Waals surface area contributed by atoms with E-state index in [4.69, 9.17) is 10.2 Å². The van der Waals surface area contributed by atoms with Crippen LogP contribution in [0.15, 0.2) is 16.7 Å². The number of hydrogen-bond acceptors (Lipinski definition) is 6. The van der Waals surface area contributed by atoms with Gasteiger partial charge in [-0.05, 0) is 22.0 Å². The van der Waals surface area contributed by atoms with E-state index in [1.54, 1.807) is 0 Å². The fourth-order valence-corrected chi connectivity index (χ4v) is 1.59. The van der Waals surface area contributed by atoms with E-state index in [0.717, 1.165) is 0 Å². The summed E-state index contributed by atoms with van der Waals surface area (Å²) < 4.78 is 4.91. The summed E-state index contributed by atoms with van der Waals surface area (Å²) in [6, 6.07) is 0.273. The van der Waals surface area contributed by atoms with Crippen molar-refractivity contribution in [3.05, 3.63) is 22.3 Å². The number of anilines is 1. The molecule has 0 bridgehead atoms. The van der Waals surface area contributed by atoms with E-state index in [0.29, 0.717) is 4.47 Å². The van der Waals surface area contributed by atoms with E-state index in [1.165, 1.54) is 19.4 Å². The first-order valence-electron chi connectivity index (χ1n) is 4.83. The molecule has 0 unspecified atom stereocenters. The van der Waals surface area contributed by atoms with Crippen LogP contribution in [0.5, 0.6) is 0 Å². The highest BCUT2D eigenvalue weighted by Gasteiger charge is 2.18. The van der Waals surface area contributed by atoms with Gasteiger partial charge in [0.15, 0.2) is 0 Å². The van der Waals surface area contributed by atoms with E-state index in [-0.39, 0.29) is 11.4 Å². The van der Waals surface area contributed by atoms with Crippen LogP contribution in [0.2, 0.25) is 0 Å². The van der Waals surface area contributed by atoms with Gasteiger partial charge in [0.05, 0.1) is 23.8 Å². The van der Waals surface area contributed by atoms with Gasteiger partial charge in [-0.25, -0.2) is 14.6 Å². The number of aliphatic hydroxyl groups is 1. The molecule has 0 fully saturated rings. The third-order valence-electron chi connectivity index (χ3n) is 2.05. The Morgan fingerprint density at radius 1 is 1.61 bits per heavy atom. The van der Waals surface area contributed by atoms with Gasteiger partial charge in [0.2, 0.25) is 0 Å². The molecule has 98 valence electrons. The van der Waals surface area contributed by atoms with E-state index in [1.807, 2.05) is 0 Å². The Morgan fingerprint density at radius 2 is 2.28 bits per heavy atom. The topological polar surface area (TPSA) is 109 Å². The number of aliphatic carboxylic acids is 1. The molecule has 0 aliphatic carbocycles. The lowest BCUT2D eigenvalue weighted by molar-refractivity contribution is -0.138. The molecular formula is C10H11BrN2O5. The summed E-state index contributed by atoms with van der Waals surface area (Å²) in [5, 5.41) is 20.2. The summed E-state index contributed by atoms with van der Waals surface area (Å²) >= 11 is 3.14. The monoisotopic (exact) mass is 318 g/mol. The summed E-state index contributed by atoms with van der Waals surface area (Å²) in [5.74, 6) is -1.54. The lowest BCUT2D eigenvalue weighted by Crippen LogP contribution is -2.33. The van der Waals surface area contributed by atoms with Crippen LogP contribution in [0.1, 0.15) is 10.4 Å². The van der Waals surface area contributed by atoms with Crippen molar-refractivity contribution in [1.29, 1.82) is 0 Å². The molecule has 1 atom stereocenters. The van der Waals surface area contributed by atoms with Crippen molar-refractivity contribution in [2.24, 2.45) is 0 Å². The quantitative estimate of drug-likeness (QED) is 0.678. The number of nitrogens with one attached hydrogen (secondary N) is 1. The van der Waals surface area contributed by atoms with Crippen molar-refractivity contribution < 1.29 is 24.5 Å². The van der Waals surface area contributed by atoms with Gasteiger partial charge >= 0.3 is 11.9 Å². The van der Waals surface area contributed by atoms with E-state index < -0.39 is 24.6 Å². The Hall–Kier alpha value is -1.67. The minimum absolute atomic E-state index is 0.212. The first kappa shape index (κ1) is 14.4. The number of ether oxygens (including phenoxy) is 1. The highest BCUT2D eigenvalue weighted by molar-refractivity contribution is 9.10. The first-order valence-corrected chi connectivity index (χ1v) is 5.63. The molecule has 1 rings (SSSR count). The van der Waals surface area contributed by atoms with Gasteiger partial charge in [-0.3, -0.25) is 0 Å². The third kappa shape index (κ3) is 3.41. The number of carbonyl (C=O) groups is 2. The molecule has 0 radical (unpaired) electrons. The first-order chi connectivity index (χ1) is 8.49. The Bertz CT molecular complexity index is 466. The van der Waals surface area contributed by atoms with Crippen LogP contribution in [0, 0.1) is 0 Å². The number of carboxylic acids is 1. The smallest absolute Gasteiger partial charge is 0.339 e. The largest absolute Gasteiger partial charge is 0.480 e. The van der Waals surface area contributed by atoms with Crippen molar-refractivity contribution in [3.63, 3.8) is 0 Å². The second kappa shape index (κ2) is 6.31. The molecule has 18 heavy (non-hydrogen) atoms. The van der Waals surface area contributed by atoms with E-state index in [9.17, 15) is 9.59 Å². The predicted molar refractivity (Wildman–Crippen MR) is 65.4 cm³/mol. The minimum atomic E-state index is -1.21. The maximum Gasteiger partial charge on any atom is 0.339 e. The van der Waals surface area contributed by atoms with E-state index >= 15 is 0 Å². The molecular weight excluding hydrogens is 308 g/mol. The van der Waals surface area contributed by atoms with E-state index in [2.05, 4.69) is 31.0 Å². The second-order valence-corrected chi connectivity index (χ2v) is 4.12. The maximum absolute atomic E-state index is 11.2. The molecule has 0 aliphatic rings. The van der Waals surface area contributed by atoms with Crippen molar-refractivity contribution >= 4 is 33.7 Å². The van der Waals surface area contributed by atoms with Crippen molar-refractivity contribution in [2.45, 2.75) is 6.04 Å². The normalized spacial score (nSPS) is 11.7. The SMILES string of the molecule is COC(=O)c1cnc(N[C@@H](CO)C(=O)O)c(Br)c1. The van der Waals surface area contributed by atoms with Gasteiger partial charge in [0.25, 0.3) is 0 Å². The summed E-state index contributed by atoms with van der Waals surface area (Å²) in [6.45, 7) is -0.581. The van der Waals surface area contributed by atoms with Crippen LogP contribution in [-0.4, -0.2) is 46.9 Å². The molecule has 1 aromatic heterocycles. The standard InChI is InChI=1S/C10H11BrN2O5/c1-18-10(17)5-2-6(11)8(12-3-5)13-7(4-14)9(15)16/h2-3,7,14H,4H2,1H3,(H,12,13)(H,15,16)/t7-/m0/s1. The summed E-state index contributed by atoms with van der Waals surface area (Å²) in [6.07, 6.45) is 1.25. The van der Waals surface area contributed by atoms with Crippen LogP contribution in [0.3, 0.4) is 0 Å². The molecule has 1 aromatic rings. The molecule has 0 aliphatic heterocycles. The zero-order chi connectivity index (χ0) is 13.7. The zero-order valence-electron chi connectivity index (χ0n) is 9.38. The number of aliphatic hydroxyl groups excluding tert-OH is 1. The molecule has 7 nitrogen and oxygen atoms in total. The van der Waals surface area contributed by atoms with Crippen molar-refractivity contribution in [2.75, 3.05) is 19.0 Å². The number of methoxy groups -OCH3 is 1. The minimum Gasteiger partial charge on any atom is -0.480 e. The van der Waals surface area contributed by atoms with Crippen molar-refractivity contribution in [1.82, 2.24) is 4.98 Å². The summed E-state index contributed by atoms with van der Waals surface area (Å²) in [4.78, 5) is 25.8. The number of halogens is 1. The van der Waals surface area contributed by atoms with Crippen LogP contribution in [0.4, 0.5) is 5.82 Å². The number of esters is 1. The number of hydrogen-bond donors (Lipinski definition) is 3. The van der Waals surface area contributed by atoms with Crippen LogP contribution in [0.25, 0.3) is 0 Å². The number of aromatic nitrogens is 1. The van der Waals surface area contributed by atoms with Crippen molar-refractivity contribution in [3.8, 4) is 0 Å². The number of rotatable bonds is 5. The molecule has 0 saturated carbocycles. The highest BCUT2D eigenvalue weighted by atomic mass is 79.9.